The van der Waals surface area contributed by atoms with Gasteiger partial charge in [0.15, 0.2) is 0 Å². The number of likely N-dealkylation sites (tertiary alicyclic amines) is 1. The molecular weight excluding hydrogens is 326 g/mol. The molecule has 0 aliphatic carbocycles. The highest BCUT2D eigenvalue weighted by atomic mass is 35.5. The van der Waals surface area contributed by atoms with Crippen molar-refractivity contribution in [1.82, 2.24) is 4.90 Å². The molecule has 1 aliphatic heterocycles. The smallest absolute Gasteiger partial charge is 0.409 e. The van der Waals surface area contributed by atoms with Crippen molar-refractivity contribution in [2.45, 2.75) is 25.5 Å². The average molecular weight is 344 g/mol. The maximum absolute atomic E-state index is 11.7. The Labute approximate surface area is 138 Å². The lowest BCUT2D eigenvalue weighted by Gasteiger charge is -2.35. The molecule has 2 N–H and O–H groups in total. The first-order chi connectivity index (χ1) is 10.9. The number of nitro benzene ring substituents is 1. The molecule has 23 heavy (non-hydrogen) atoms. The molecule has 0 bridgehead atoms. The van der Waals surface area contributed by atoms with Gasteiger partial charge in [-0.1, -0.05) is 11.6 Å². The third-order valence-electron chi connectivity index (χ3n) is 3.61. The molecule has 0 radical (unpaired) electrons. The number of aliphatic hydroxyl groups is 1. The first-order valence-corrected chi connectivity index (χ1v) is 7.60. The van der Waals surface area contributed by atoms with E-state index in [1.165, 1.54) is 23.1 Å². The molecule has 9 heteroatoms. The number of benzene rings is 1. The Balaban J connectivity index is 2.05. The first kappa shape index (κ1) is 17.3. The normalized spacial score (nSPS) is 20.9. The summed E-state index contributed by atoms with van der Waals surface area (Å²) in [6.07, 6.45) is -0.884. The van der Waals surface area contributed by atoms with Gasteiger partial charge in [0.25, 0.3) is 5.69 Å². The molecule has 1 aliphatic rings. The Morgan fingerprint density at radius 3 is 2.96 bits per heavy atom. The van der Waals surface area contributed by atoms with E-state index in [1.54, 1.807) is 6.92 Å². The van der Waals surface area contributed by atoms with Crippen LogP contribution in [0.4, 0.5) is 16.2 Å². The van der Waals surface area contributed by atoms with E-state index in [9.17, 15) is 20.0 Å². The number of nitrogens with one attached hydrogen (secondary N) is 1. The topological polar surface area (TPSA) is 105 Å². The molecule has 0 unspecified atom stereocenters. The van der Waals surface area contributed by atoms with Crippen LogP contribution in [0.1, 0.15) is 13.3 Å². The van der Waals surface area contributed by atoms with Gasteiger partial charge in [-0.25, -0.2) is 4.79 Å². The summed E-state index contributed by atoms with van der Waals surface area (Å²) in [5, 5.41) is 24.5. The van der Waals surface area contributed by atoms with Gasteiger partial charge in [0.1, 0.15) is 5.69 Å². The van der Waals surface area contributed by atoms with Crippen molar-refractivity contribution >= 4 is 29.1 Å². The fourth-order valence-corrected chi connectivity index (χ4v) is 2.62. The molecule has 0 aromatic heterocycles. The second kappa shape index (κ2) is 7.47. The first-order valence-electron chi connectivity index (χ1n) is 7.22. The molecule has 1 aromatic carbocycles. The number of hydrogen-bond acceptors (Lipinski definition) is 6. The van der Waals surface area contributed by atoms with E-state index in [-0.39, 0.29) is 29.5 Å². The number of anilines is 1. The average Bonchev–Trinajstić information content (AvgIpc) is 2.50. The molecule has 8 nitrogen and oxygen atoms in total. The monoisotopic (exact) mass is 343 g/mol. The highest BCUT2D eigenvalue weighted by Gasteiger charge is 2.32. The maximum atomic E-state index is 11.7. The molecule has 0 spiro atoms. The number of β-amino-alcohol motifs (C(OH)–C–C–N with tert-alkyl or cyclic N) is 1. The zero-order valence-electron chi connectivity index (χ0n) is 12.6. The molecule has 1 saturated heterocycles. The van der Waals surface area contributed by atoms with Crippen molar-refractivity contribution in [1.29, 1.82) is 0 Å². The van der Waals surface area contributed by atoms with E-state index in [4.69, 9.17) is 16.3 Å². The van der Waals surface area contributed by atoms with Crippen molar-refractivity contribution < 1.29 is 19.6 Å². The number of ether oxygens (including phenoxy) is 1. The minimum Gasteiger partial charge on any atom is -0.450 e. The van der Waals surface area contributed by atoms with Crippen molar-refractivity contribution in [2.75, 3.05) is 25.0 Å². The minimum absolute atomic E-state index is 0.109. The highest BCUT2D eigenvalue weighted by Crippen LogP contribution is 2.29. The van der Waals surface area contributed by atoms with Crippen LogP contribution in [0.15, 0.2) is 18.2 Å². The van der Waals surface area contributed by atoms with Gasteiger partial charge in [-0.05, 0) is 25.5 Å². The summed E-state index contributed by atoms with van der Waals surface area (Å²) in [6, 6.07) is 3.90. The third-order valence-corrected chi connectivity index (χ3v) is 3.84. The van der Waals surface area contributed by atoms with Crippen LogP contribution in [-0.2, 0) is 4.74 Å². The lowest BCUT2D eigenvalue weighted by molar-refractivity contribution is -0.384. The zero-order chi connectivity index (χ0) is 17.0. The summed E-state index contributed by atoms with van der Waals surface area (Å²) in [5.41, 5.74) is 0.130. The van der Waals surface area contributed by atoms with Crippen molar-refractivity contribution in [3.63, 3.8) is 0 Å². The Hall–Kier alpha value is -2.06. The third kappa shape index (κ3) is 4.23. The number of carbonyl (C=O) groups excluding carboxylic acids is 1. The molecule has 126 valence electrons. The van der Waals surface area contributed by atoms with Gasteiger partial charge in [0.2, 0.25) is 0 Å². The number of halogens is 1. The number of nitro groups is 1. The molecule has 1 fully saturated rings. The minimum atomic E-state index is -0.858. The lowest BCUT2D eigenvalue weighted by Crippen LogP contribution is -2.51. The van der Waals surface area contributed by atoms with Crippen molar-refractivity contribution in [2.24, 2.45) is 0 Å². The maximum Gasteiger partial charge on any atom is 0.409 e. The van der Waals surface area contributed by atoms with E-state index >= 15 is 0 Å². The zero-order valence-corrected chi connectivity index (χ0v) is 13.3. The Morgan fingerprint density at radius 1 is 1.61 bits per heavy atom. The Bertz CT molecular complexity index is 598. The number of aliphatic hydroxyl groups excluding tert-OH is 1. The van der Waals surface area contributed by atoms with Crippen LogP contribution in [0.25, 0.3) is 0 Å². The van der Waals surface area contributed by atoms with Crippen LogP contribution in [-0.4, -0.2) is 52.9 Å². The molecule has 1 amide bonds. The van der Waals surface area contributed by atoms with E-state index in [2.05, 4.69) is 5.32 Å². The quantitative estimate of drug-likeness (QED) is 0.641. The van der Waals surface area contributed by atoms with Crippen LogP contribution in [0.3, 0.4) is 0 Å². The van der Waals surface area contributed by atoms with E-state index in [1.807, 2.05) is 0 Å². The molecular formula is C14H18ClN3O5. The Kier molecular flexibility index (Phi) is 5.62. The SMILES string of the molecule is CCOC(=O)N1CC[C@@H](Nc2ccc(Cl)cc2[N+](=O)[O-])[C@@H](O)C1. The second-order valence-electron chi connectivity index (χ2n) is 5.17. The van der Waals surface area contributed by atoms with Crippen LogP contribution in [0.2, 0.25) is 5.02 Å². The van der Waals surface area contributed by atoms with Gasteiger partial charge in [-0.2, -0.15) is 0 Å². The van der Waals surface area contributed by atoms with Crippen molar-refractivity contribution in [3.05, 3.63) is 33.3 Å². The number of hydrogen-bond donors (Lipinski definition) is 2. The summed E-state index contributed by atoms with van der Waals surface area (Å²) < 4.78 is 4.90. The summed E-state index contributed by atoms with van der Waals surface area (Å²) in [6.45, 7) is 2.49. The molecule has 0 saturated carbocycles. The van der Waals surface area contributed by atoms with Crippen LogP contribution >= 0.6 is 11.6 Å². The predicted octanol–water partition coefficient (Wildman–Crippen LogP) is 2.25. The molecule has 1 heterocycles. The second-order valence-corrected chi connectivity index (χ2v) is 5.61. The summed E-state index contributed by atoms with van der Waals surface area (Å²) in [4.78, 5) is 23.6. The largest absolute Gasteiger partial charge is 0.450 e. The van der Waals surface area contributed by atoms with Gasteiger partial charge >= 0.3 is 6.09 Å². The lowest BCUT2D eigenvalue weighted by atomic mass is 10.0. The van der Waals surface area contributed by atoms with Gasteiger partial charge in [-0.15, -0.1) is 0 Å². The van der Waals surface area contributed by atoms with Gasteiger partial charge in [0, 0.05) is 17.6 Å². The summed E-state index contributed by atoms with van der Waals surface area (Å²) >= 11 is 5.78. The molecule has 2 atom stereocenters. The fraction of sp³-hybridized carbons (Fsp3) is 0.500. The van der Waals surface area contributed by atoms with Crippen LogP contribution < -0.4 is 5.32 Å². The number of nitrogens with zero attached hydrogens (tertiary/aromatic N) is 2. The van der Waals surface area contributed by atoms with Gasteiger partial charge in [-0.3, -0.25) is 10.1 Å². The number of piperidine rings is 1. The molecule has 1 aromatic rings. The van der Waals surface area contributed by atoms with Crippen molar-refractivity contribution in [3.8, 4) is 0 Å². The molecule has 2 rings (SSSR count). The van der Waals surface area contributed by atoms with Gasteiger partial charge < -0.3 is 20.1 Å². The van der Waals surface area contributed by atoms with E-state index in [0.29, 0.717) is 13.0 Å². The van der Waals surface area contributed by atoms with E-state index in [0.717, 1.165) is 0 Å². The number of carbonyl (C=O) groups is 1. The predicted molar refractivity (Wildman–Crippen MR) is 84.7 cm³/mol. The number of rotatable bonds is 4. The van der Waals surface area contributed by atoms with Crippen LogP contribution in [0, 0.1) is 10.1 Å². The summed E-state index contributed by atoms with van der Waals surface area (Å²) in [5.74, 6) is 0. The number of amides is 1. The highest BCUT2D eigenvalue weighted by molar-refractivity contribution is 6.30. The fourth-order valence-electron chi connectivity index (χ4n) is 2.46. The Morgan fingerprint density at radius 2 is 2.35 bits per heavy atom. The van der Waals surface area contributed by atoms with Gasteiger partial charge in [0.05, 0.1) is 30.2 Å². The standard InChI is InChI=1S/C14H18ClN3O5/c1-2-23-14(20)17-6-5-11(13(19)8-17)16-10-4-3-9(15)7-12(10)18(21)22/h3-4,7,11,13,16,19H,2,5-6,8H2,1H3/t11-,13+/m1/s1. The summed E-state index contributed by atoms with van der Waals surface area (Å²) in [7, 11) is 0. The van der Waals surface area contributed by atoms with Crippen LogP contribution in [0.5, 0.6) is 0 Å². The van der Waals surface area contributed by atoms with E-state index < -0.39 is 23.2 Å².